The molecule has 1 amide bonds. The summed E-state index contributed by atoms with van der Waals surface area (Å²) >= 11 is 0. The second kappa shape index (κ2) is 6.23. The Balaban J connectivity index is 1.87. The van der Waals surface area contributed by atoms with Gasteiger partial charge in [-0.15, -0.1) is 0 Å². The van der Waals surface area contributed by atoms with Crippen molar-refractivity contribution >= 4 is 11.6 Å². The molecule has 1 aromatic carbocycles. The zero-order chi connectivity index (χ0) is 14.5. The number of aromatic nitrogens is 2. The Labute approximate surface area is 119 Å². The summed E-state index contributed by atoms with van der Waals surface area (Å²) in [5.41, 5.74) is 2.87. The molecule has 0 aliphatic rings. The average molecular weight is 272 g/mol. The molecule has 0 fully saturated rings. The highest BCUT2D eigenvalue weighted by atomic mass is 16.1. The maximum atomic E-state index is 12.0. The summed E-state index contributed by atoms with van der Waals surface area (Å²) in [5, 5.41) is 7.02. The van der Waals surface area contributed by atoms with Crippen molar-refractivity contribution in [3.05, 3.63) is 47.8 Å². The number of carbonyl (C=O) groups excluding carboxylic acids is 1. The standard InChI is InChI=1S/C15H20N4O/c1-18(2)13-6-4-12(5-7-13)15(20)16-10-8-14-9-11-17-19(14)3/h4-7,9,11H,8,10H2,1-3H3,(H,16,20). The Kier molecular flexibility index (Phi) is 4.40. The molecule has 2 rings (SSSR count). The van der Waals surface area contributed by atoms with E-state index in [1.807, 2.05) is 61.1 Å². The number of nitrogens with zero attached hydrogens (tertiary/aromatic N) is 3. The number of anilines is 1. The minimum absolute atomic E-state index is 0.0440. The lowest BCUT2D eigenvalue weighted by Crippen LogP contribution is -2.26. The van der Waals surface area contributed by atoms with Crippen molar-refractivity contribution in [2.45, 2.75) is 6.42 Å². The van der Waals surface area contributed by atoms with E-state index in [9.17, 15) is 4.79 Å². The van der Waals surface area contributed by atoms with Gasteiger partial charge >= 0.3 is 0 Å². The van der Waals surface area contributed by atoms with E-state index in [-0.39, 0.29) is 5.91 Å². The number of hydrogen-bond acceptors (Lipinski definition) is 3. The maximum Gasteiger partial charge on any atom is 0.251 e. The molecular formula is C15H20N4O. The van der Waals surface area contributed by atoms with Crippen LogP contribution in [0.4, 0.5) is 5.69 Å². The molecule has 1 N–H and O–H groups in total. The van der Waals surface area contributed by atoms with Crippen LogP contribution in [-0.2, 0) is 13.5 Å². The van der Waals surface area contributed by atoms with E-state index in [0.29, 0.717) is 12.1 Å². The summed E-state index contributed by atoms with van der Waals surface area (Å²) in [4.78, 5) is 14.0. The molecule has 5 heteroatoms. The molecule has 0 bridgehead atoms. The van der Waals surface area contributed by atoms with Gasteiger partial charge in [0.2, 0.25) is 0 Å². The minimum Gasteiger partial charge on any atom is -0.378 e. The first kappa shape index (κ1) is 14.1. The highest BCUT2D eigenvalue weighted by Gasteiger charge is 2.06. The molecule has 0 aliphatic carbocycles. The maximum absolute atomic E-state index is 12.0. The van der Waals surface area contributed by atoms with E-state index in [1.54, 1.807) is 6.20 Å². The van der Waals surface area contributed by atoms with Gasteiger partial charge in [0.05, 0.1) is 0 Å². The van der Waals surface area contributed by atoms with Crippen LogP contribution >= 0.6 is 0 Å². The summed E-state index contributed by atoms with van der Waals surface area (Å²) in [7, 11) is 5.85. The van der Waals surface area contributed by atoms with Crippen LogP contribution < -0.4 is 10.2 Å². The zero-order valence-electron chi connectivity index (χ0n) is 12.1. The zero-order valence-corrected chi connectivity index (χ0v) is 12.1. The Morgan fingerprint density at radius 3 is 2.50 bits per heavy atom. The van der Waals surface area contributed by atoms with Crippen LogP contribution in [-0.4, -0.2) is 36.3 Å². The van der Waals surface area contributed by atoms with Crippen LogP contribution in [0.3, 0.4) is 0 Å². The first-order valence-electron chi connectivity index (χ1n) is 6.60. The summed E-state index contributed by atoms with van der Waals surface area (Å²) in [6, 6.07) is 9.52. The van der Waals surface area contributed by atoms with Gasteiger partial charge in [0.15, 0.2) is 0 Å². The van der Waals surface area contributed by atoms with Crippen LogP contribution in [0.5, 0.6) is 0 Å². The third kappa shape index (κ3) is 3.38. The van der Waals surface area contributed by atoms with Gasteiger partial charge in [-0.25, -0.2) is 0 Å². The first-order valence-corrected chi connectivity index (χ1v) is 6.60. The molecule has 0 aliphatic heterocycles. The molecule has 0 saturated carbocycles. The number of benzene rings is 1. The molecule has 5 nitrogen and oxygen atoms in total. The van der Waals surface area contributed by atoms with Crippen LogP contribution in [0.15, 0.2) is 36.5 Å². The van der Waals surface area contributed by atoms with E-state index >= 15 is 0 Å². The molecule has 2 aromatic rings. The second-order valence-corrected chi connectivity index (χ2v) is 4.89. The molecule has 1 heterocycles. The van der Waals surface area contributed by atoms with Gasteiger partial charge in [-0.05, 0) is 30.3 Å². The molecule has 20 heavy (non-hydrogen) atoms. The Hall–Kier alpha value is -2.30. The lowest BCUT2D eigenvalue weighted by molar-refractivity contribution is 0.0954. The summed E-state index contributed by atoms with van der Waals surface area (Å²) in [6.07, 6.45) is 2.54. The van der Waals surface area contributed by atoms with Gasteiger partial charge in [0, 0.05) is 57.3 Å². The van der Waals surface area contributed by atoms with E-state index in [0.717, 1.165) is 17.8 Å². The predicted octanol–water partition coefficient (Wildman–Crippen LogP) is 1.46. The monoisotopic (exact) mass is 272 g/mol. The van der Waals surface area contributed by atoms with Crippen molar-refractivity contribution in [1.82, 2.24) is 15.1 Å². The molecule has 106 valence electrons. The van der Waals surface area contributed by atoms with Crippen molar-refractivity contribution in [1.29, 1.82) is 0 Å². The molecule has 1 aromatic heterocycles. The molecular weight excluding hydrogens is 252 g/mol. The SMILES string of the molecule is CN(C)c1ccc(C(=O)NCCc2ccnn2C)cc1. The Bertz CT molecular complexity index is 572. The van der Waals surface area contributed by atoms with E-state index in [4.69, 9.17) is 0 Å². The lowest BCUT2D eigenvalue weighted by atomic mass is 10.2. The van der Waals surface area contributed by atoms with Crippen molar-refractivity contribution in [2.24, 2.45) is 7.05 Å². The van der Waals surface area contributed by atoms with E-state index in [1.165, 1.54) is 0 Å². The second-order valence-electron chi connectivity index (χ2n) is 4.89. The summed E-state index contributed by atoms with van der Waals surface area (Å²) in [5.74, 6) is -0.0440. The number of rotatable bonds is 5. The highest BCUT2D eigenvalue weighted by molar-refractivity contribution is 5.94. The van der Waals surface area contributed by atoms with Crippen molar-refractivity contribution in [2.75, 3.05) is 25.5 Å². The average Bonchev–Trinajstić information content (AvgIpc) is 2.84. The van der Waals surface area contributed by atoms with Gasteiger partial charge in [0.25, 0.3) is 5.91 Å². The van der Waals surface area contributed by atoms with Crippen LogP contribution in [0.1, 0.15) is 16.1 Å². The van der Waals surface area contributed by atoms with Crippen LogP contribution in [0.2, 0.25) is 0 Å². The lowest BCUT2D eigenvalue weighted by Gasteiger charge is -2.12. The fraction of sp³-hybridized carbons (Fsp3) is 0.333. The fourth-order valence-electron chi connectivity index (χ4n) is 1.96. The summed E-state index contributed by atoms with van der Waals surface area (Å²) < 4.78 is 1.82. The van der Waals surface area contributed by atoms with Gasteiger partial charge in [-0.1, -0.05) is 0 Å². The van der Waals surface area contributed by atoms with Crippen molar-refractivity contribution < 1.29 is 4.79 Å². The van der Waals surface area contributed by atoms with Gasteiger partial charge in [0.1, 0.15) is 0 Å². The number of carbonyl (C=O) groups is 1. The van der Waals surface area contributed by atoms with E-state index < -0.39 is 0 Å². The molecule has 0 spiro atoms. The predicted molar refractivity (Wildman–Crippen MR) is 80.0 cm³/mol. The Morgan fingerprint density at radius 1 is 1.25 bits per heavy atom. The largest absolute Gasteiger partial charge is 0.378 e. The van der Waals surface area contributed by atoms with E-state index in [2.05, 4.69) is 10.4 Å². The normalized spacial score (nSPS) is 10.3. The smallest absolute Gasteiger partial charge is 0.251 e. The Morgan fingerprint density at radius 2 is 1.95 bits per heavy atom. The minimum atomic E-state index is -0.0440. The quantitative estimate of drug-likeness (QED) is 0.896. The number of hydrogen-bond donors (Lipinski definition) is 1. The van der Waals surface area contributed by atoms with Crippen molar-refractivity contribution in [3.8, 4) is 0 Å². The van der Waals surface area contributed by atoms with Crippen LogP contribution in [0.25, 0.3) is 0 Å². The number of nitrogens with one attached hydrogen (secondary N) is 1. The molecule has 0 atom stereocenters. The summed E-state index contributed by atoms with van der Waals surface area (Å²) in [6.45, 7) is 0.605. The van der Waals surface area contributed by atoms with Gasteiger partial charge in [-0.2, -0.15) is 5.10 Å². The third-order valence-electron chi connectivity index (χ3n) is 3.24. The first-order chi connectivity index (χ1) is 9.58. The van der Waals surface area contributed by atoms with Crippen LogP contribution in [0, 0.1) is 0 Å². The van der Waals surface area contributed by atoms with Gasteiger partial charge in [-0.3, -0.25) is 9.48 Å². The van der Waals surface area contributed by atoms with Crippen molar-refractivity contribution in [3.63, 3.8) is 0 Å². The molecule has 0 radical (unpaired) electrons. The fourth-order valence-corrected chi connectivity index (χ4v) is 1.96. The highest BCUT2D eigenvalue weighted by Crippen LogP contribution is 2.12. The topological polar surface area (TPSA) is 50.2 Å². The molecule has 0 unspecified atom stereocenters. The molecule has 0 saturated heterocycles. The third-order valence-corrected chi connectivity index (χ3v) is 3.24. The number of amides is 1. The number of aryl methyl sites for hydroxylation is 1. The van der Waals surface area contributed by atoms with Gasteiger partial charge < -0.3 is 10.2 Å².